The van der Waals surface area contributed by atoms with Crippen LogP contribution in [0.25, 0.3) is 0 Å². The van der Waals surface area contributed by atoms with Crippen molar-refractivity contribution >= 4 is 17.2 Å². The van der Waals surface area contributed by atoms with E-state index in [-0.39, 0.29) is 0 Å². The van der Waals surface area contributed by atoms with Crippen LogP contribution >= 0.6 is 0 Å². The van der Waals surface area contributed by atoms with Gasteiger partial charge in [-0.3, -0.25) is 0 Å². The van der Waals surface area contributed by atoms with E-state index in [1.54, 1.807) is 6.20 Å². The molecule has 1 aliphatic rings. The van der Waals surface area contributed by atoms with Gasteiger partial charge in [0.1, 0.15) is 12.4 Å². The Bertz CT molecular complexity index is 460. The fourth-order valence-electron chi connectivity index (χ4n) is 2.89. The van der Waals surface area contributed by atoms with Gasteiger partial charge in [-0.1, -0.05) is 0 Å². The largest absolute Gasteiger partial charge is 0.396 e. The van der Waals surface area contributed by atoms with Gasteiger partial charge in [0.25, 0.3) is 0 Å². The minimum atomic E-state index is 0.651. The lowest BCUT2D eigenvalue weighted by atomic mass is 10.1. The van der Waals surface area contributed by atoms with E-state index in [1.807, 2.05) is 13.1 Å². The Balaban J connectivity index is 1.61. The first-order chi connectivity index (χ1) is 10.6. The molecule has 124 valence electrons. The number of hydrogen-bond acceptors (Lipinski definition) is 5. The first-order valence-corrected chi connectivity index (χ1v) is 8.21. The number of piperidine rings is 1. The Hall–Kier alpha value is -1.53. The summed E-state index contributed by atoms with van der Waals surface area (Å²) >= 11 is 0. The summed E-state index contributed by atoms with van der Waals surface area (Å²) in [5.41, 5.74) is 7.51. The first kappa shape index (κ1) is 16.8. The summed E-state index contributed by atoms with van der Waals surface area (Å²) < 4.78 is 6.91. The SMILES string of the molecule is CNc1cnc(NCCOCC[N+]2(C)CCCCC2)c(N)c1. The van der Waals surface area contributed by atoms with Crippen molar-refractivity contribution in [1.29, 1.82) is 0 Å². The number of anilines is 3. The average molecular weight is 308 g/mol. The molecule has 0 radical (unpaired) electrons. The Kier molecular flexibility index (Phi) is 6.27. The molecule has 1 aliphatic heterocycles. The zero-order valence-electron chi connectivity index (χ0n) is 13.9. The van der Waals surface area contributed by atoms with E-state index in [1.165, 1.54) is 32.4 Å². The van der Waals surface area contributed by atoms with Crippen LogP contribution in [0.4, 0.5) is 17.2 Å². The van der Waals surface area contributed by atoms with Gasteiger partial charge < -0.3 is 25.6 Å². The Morgan fingerprint density at radius 1 is 1.27 bits per heavy atom. The lowest BCUT2D eigenvalue weighted by Crippen LogP contribution is -2.49. The van der Waals surface area contributed by atoms with E-state index in [0.29, 0.717) is 12.3 Å². The summed E-state index contributed by atoms with van der Waals surface area (Å²) in [6.07, 6.45) is 5.86. The monoisotopic (exact) mass is 308 g/mol. The molecule has 0 spiro atoms. The topological polar surface area (TPSA) is 72.2 Å². The predicted octanol–water partition coefficient (Wildman–Crippen LogP) is 1.76. The third-order valence-corrected chi connectivity index (χ3v) is 4.42. The van der Waals surface area contributed by atoms with Gasteiger partial charge in [0, 0.05) is 13.6 Å². The van der Waals surface area contributed by atoms with E-state index in [9.17, 15) is 0 Å². The van der Waals surface area contributed by atoms with E-state index in [2.05, 4.69) is 22.7 Å². The number of nitrogens with zero attached hydrogens (tertiary/aromatic N) is 2. The maximum atomic E-state index is 5.94. The molecular formula is C16H30N5O+. The van der Waals surface area contributed by atoms with Crippen molar-refractivity contribution < 1.29 is 9.22 Å². The van der Waals surface area contributed by atoms with Gasteiger partial charge in [-0.05, 0) is 25.3 Å². The molecule has 1 fully saturated rings. The van der Waals surface area contributed by atoms with Crippen molar-refractivity contribution in [2.24, 2.45) is 0 Å². The van der Waals surface area contributed by atoms with Crippen LogP contribution < -0.4 is 16.4 Å². The minimum Gasteiger partial charge on any atom is -0.396 e. The van der Waals surface area contributed by atoms with Crippen molar-refractivity contribution in [3.05, 3.63) is 12.3 Å². The molecule has 0 saturated carbocycles. The molecule has 0 aliphatic carbocycles. The summed E-state index contributed by atoms with van der Waals surface area (Å²) in [6, 6.07) is 1.87. The summed E-state index contributed by atoms with van der Waals surface area (Å²) in [4.78, 5) is 4.29. The van der Waals surface area contributed by atoms with E-state index in [0.717, 1.165) is 35.7 Å². The molecule has 2 rings (SSSR count). The van der Waals surface area contributed by atoms with Crippen LogP contribution in [-0.4, -0.2) is 63.0 Å². The molecule has 22 heavy (non-hydrogen) atoms. The minimum absolute atomic E-state index is 0.651. The number of nitrogens with two attached hydrogens (primary N) is 1. The van der Waals surface area contributed by atoms with Crippen molar-refractivity contribution in [3.8, 4) is 0 Å². The van der Waals surface area contributed by atoms with Gasteiger partial charge in [0.15, 0.2) is 0 Å². The molecular weight excluding hydrogens is 278 g/mol. The molecule has 6 heteroatoms. The van der Waals surface area contributed by atoms with Crippen LogP contribution in [-0.2, 0) is 4.74 Å². The second-order valence-corrected chi connectivity index (χ2v) is 6.30. The number of rotatable bonds is 8. The van der Waals surface area contributed by atoms with Crippen LogP contribution in [0.5, 0.6) is 0 Å². The van der Waals surface area contributed by atoms with Crippen LogP contribution in [0, 0.1) is 0 Å². The predicted molar refractivity (Wildman–Crippen MR) is 92.1 cm³/mol. The third-order valence-electron chi connectivity index (χ3n) is 4.42. The van der Waals surface area contributed by atoms with E-state index in [4.69, 9.17) is 10.5 Å². The molecule has 0 amide bonds. The number of ether oxygens (including phenoxy) is 1. The smallest absolute Gasteiger partial charge is 0.149 e. The number of pyridine rings is 1. The molecule has 2 heterocycles. The summed E-state index contributed by atoms with van der Waals surface area (Å²) in [7, 11) is 4.19. The normalized spacial score (nSPS) is 17.2. The molecule has 1 aromatic heterocycles. The highest BCUT2D eigenvalue weighted by atomic mass is 16.5. The average Bonchev–Trinajstić information content (AvgIpc) is 2.52. The summed E-state index contributed by atoms with van der Waals surface area (Å²) in [5.74, 6) is 0.720. The van der Waals surface area contributed by atoms with Crippen LogP contribution in [0.2, 0.25) is 0 Å². The third kappa shape index (κ3) is 5.03. The Morgan fingerprint density at radius 2 is 2.05 bits per heavy atom. The van der Waals surface area contributed by atoms with Crippen LogP contribution in [0.1, 0.15) is 19.3 Å². The molecule has 0 aromatic carbocycles. The van der Waals surface area contributed by atoms with E-state index < -0.39 is 0 Å². The second-order valence-electron chi connectivity index (χ2n) is 6.30. The lowest BCUT2D eigenvalue weighted by molar-refractivity contribution is -0.914. The number of likely N-dealkylation sites (tertiary alicyclic amines) is 1. The number of aromatic nitrogens is 1. The summed E-state index contributed by atoms with van der Waals surface area (Å²) in [6.45, 7) is 5.91. The molecule has 6 nitrogen and oxygen atoms in total. The number of likely N-dealkylation sites (N-methyl/N-ethyl adjacent to an activating group) is 1. The second kappa shape index (κ2) is 8.19. The number of nitrogens with one attached hydrogen (secondary N) is 2. The van der Waals surface area contributed by atoms with Gasteiger partial charge >= 0.3 is 0 Å². The van der Waals surface area contributed by atoms with Crippen molar-refractivity contribution in [2.75, 3.05) is 69.9 Å². The van der Waals surface area contributed by atoms with Crippen LogP contribution in [0.15, 0.2) is 12.3 Å². The van der Waals surface area contributed by atoms with Gasteiger partial charge in [-0.25, -0.2) is 4.98 Å². The molecule has 0 atom stereocenters. The lowest BCUT2D eigenvalue weighted by Gasteiger charge is -2.37. The van der Waals surface area contributed by atoms with Gasteiger partial charge in [0.2, 0.25) is 0 Å². The van der Waals surface area contributed by atoms with E-state index >= 15 is 0 Å². The van der Waals surface area contributed by atoms with Gasteiger partial charge in [0.05, 0.1) is 50.9 Å². The summed E-state index contributed by atoms with van der Waals surface area (Å²) in [5, 5.41) is 6.24. The van der Waals surface area contributed by atoms with Gasteiger partial charge in [-0.15, -0.1) is 0 Å². The molecule has 0 unspecified atom stereocenters. The number of hydrogen-bond donors (Lipinski definition) is 3. The fraction of sp³-hybridized carbons (Fsp3) is 0.688. The van der Waals surface area contributed by atoms with Crippen molar-refractivity contribution in [2.45, 2.75) is 19.3 Å². The highest BCUT2D eigenvalue weighted by Crippen LogP contribution is 2.18. The highest BCUT2D eigenvalue weighted by molar-refractivity contribution is 5.66. The quantitative estimate of drug-likeness (QED) is 0.504. The standard InChI is InChI=1S/C16H30N5O/c1-18-14-12-15(17)16(20-13-14)19-6-10-22-11-9-21(2)7-4-3-5-8-21/h12-13,18H,3-11,17H2,1-2H3,(H,19,20)/q+1. The number of quaternary nitrogens is 1. The zero-order chi connectivity index (χ0) is 15.8. The zero-order valence-corrected chi connectivity index (χ0v) is 13.9. The molecule has 4 N–H and O–H groups in total. The Labute approximate surface area is 133 Å². The number of nitrogen functional groups attached to an aromatic ring is 1. The first-order valence-electron chi connectivity index (χ1n) is 8.21. The maximum Gasteiger partial charge on any atom is 0.149 e. The molecule has 1 aromatic rings. The fourth-order valence-corrected chi connectivity index (χ4v) is 2.89. The Morgan fingerprint density at radius 3 is 2.73 bits per heavy atom. The van der Waals surface area contributed by atoms with Crippen molar-refractivity contribution in [3.63, 3.8) is 0 Å². The molecule has 0 bridgehead atoms. The highest BCUT2D eigenvalue weighted by Gasteiger charge is 2.23. The maximum absolute atomic E-state index is 5.94. The van der Waals surface area contributed by atoms with Crippen molar-refractivity contribution in [1.82, 2.24) is 4.98 Å². The van der Waals surface area contributed by atoms with Gasteiger partial charge in [-0.2, -0.15) is 0 Å². The van der Waals surface area contributed by atoms with Crippen LogP contribution in [0.3, 0.4) is 0 Å². The molecule has 1 saturated heterocycles.